The van der Waals surface area contributed by atoms with Crippen molar-refractivity contribution in [3.8, 4) is 0 Å². The van der Waals surface area contributed by atoms with Gasteiger partial charge in [0.1, 0.15) is 5.82 Å². The summed E-state index contributed by atoms with van der Waals surface area (Å²) in [5, 5.41) is 7.65. The van der Waals surface area contributed by atoms with Gasteiger partial charge in [-0.05, 0) is 40.1 Å². The van der Waals surface area contributed by atoms with E-state index in [1.165, 1.54) is 18.2 Å². The van der Waals surface area contributed by atoms with E-state index in [0.717, 1.165) is 6.07 Å². The average molecular weight is 343 g/mol. The highest BCUT2D eigenvalue weighted by Gasteiger charge is 2.26. The Morgan fingerprint density at radius 1 is 1.39 bits per heavy atom. The molecule has 0 aliphatic rings. The summed E-state index contributed by atoms with van der Waals surface area (Å²) in [4.78, 5) is 13.5. The fraction of sp³-hybridized carbons (Fsp3) is 0.400. The Labute approximate surface area is 136 Å². The lowest BCUT2D eigenvalue weighted by Crippen LogP contribution is -2.41. The van der Waals surface area contributed by atoms with E-state index >= 15 is 0 Å². The molecule has 0 saturated heterocycles. The Kier molecular flexibility index (Phi) is 6.04. The molecule has 1 amide bonds. The molecule has 0 radical (unpaired) electrons. The van der Waals surface area contributed by atoms with E-state index in [4.69, 9.17) is 5.14 Å². The summed E-state index contributed by atoms with van der Waals surface area (Å²) in [6.07, 6.45) is 3.06. The van der Waals surface area contributed by atoms with Gasteiger partial charge in [0.15, 0.2) is 0 Å². The number of benzene rings is 1. The van der Waals surface area contributed by atoms with Crippen LogP contribution in [0.15, 0.2) is 35.2 Å². The summed E-state index contributed by atoms with van der Waals surface area (Å²) >= 11 is 0. The molecule has 0 unspecified atom stereocenters. The molecular weight excluding hydrogens is 321 g/mol. The first-order chi connectivity index (χ1) is 10.4. The number of nitrogens with two attached hydrogens (primary N) is 1. The molecule has 1 rings (SSSR count). The van der Waals surface area contributed by atoms with E-state index < -0.39 is 21.4 Å². The zero-order chi connectivity index (χ0) is 17.8. The number of primary sulfonamides is 1. The maximum Gasteiger partial charge on any atom is 0.244 e. The lowest BCUT2D eigenvalue weighted by atomic mass is 9.93. The molecule has 0 aromatic heterocycles. The quantitative estimate of drug-likeness (QED) is 0.752. The summed E-state index contributed by atoms with van der Waals surface area (Å²) in [5.41, 5.74) is -0.847. The highest BCUT2D eigenvalue weighted by molar-refractivity contribution is 7.89. The second-order valence-corrected chi connectivity index (χ2v) is 7.53. The van der Waals surface area contributed by atoms with Crippen LogP contribution < -0.4 is 10.5 Å². The molecule has 3 N–H and O–H groups in total. The Morgan fingerprint density at radius 2 is 2.00 bits per heavy atom. The van der Waals surface area contributed by atoms with Crippen LogP contribution in [0.25, 0.3) is 0 Å². The predicted octanol–water partition coefficient (Wildman–Crippen LogP) is 0.942. The number of halogens is 1. The van der Waals surface area contributed by atoms with E-state index in [1.807, 2.05) is 19.0 Å². The highest BCUT2D eigenvalue weighted by Crippen LogP contribution is 2.25. The van der Waals surface area contributed by atoms with Crippen molar-refractivity contribution < 1.29 is 17.6 Å². The topological polar surface area (TPSA) is 92.5 Å². The number of rotatable bonds is 6. The van der Waals surface area contributed by atoms with Crippen LogP contribution in [0, 0.1) is 5.82 Å². The number of nitrogens with zero attached hydrogens (tertiary/aromatic N) is 1. The Hall–Kier alpha value is -1.77. The molecule has 1 aromatic rings. The number of carbonyl (C=O) groups is 1. The van der Waals surface area contributed by atoms with Gasteiger partial charge >= 0.3 is 0 Å². The van der Waals surface area contributed by atoms with Crippen molar-refractivity contribution in [1.29, 1.82) is 0 Å². The predicted molar refractivity (Wildman–Crippen MR) is 86.6 cm³/mol. The molecule has 0 saturated carbocycles. The Bertz CT molecular complexity index is 713. The fourth-order valence-electron chi connectivity index (χ4n) is 1.97. The Morgan fingerprint density at radius 3 is 2.48 bits per heavy atom. The summed E-state index contributed by atoms with van der Waals surface area (Å²) in [6.45, 7) is 3.85. The minimum Gasteiger partial charge on any atom is -0.344 e. The molecule has 0 spiro atoms. The third-order valence-corrected chi connectivity index (χ3v) is 4.03. The van der Waals surface area contributed by atoms with Gasteiger partial charge in [0, 0.05) is 18.2 Å². The minimum atomic E-state index is -3.97. The molecule has 0 atom stereocenters. The van der Waals surface area contributed by atoms with Gasteiger partial charge in [-0.3, -0.25) is 4.79 Å². The molecule has 128 valence electrons. The van der Waals surface area contributed by atoms with Gasteiger partial charge < -0.3 is 10.2 Å². The van der Waals surface area contributed by atoms with Gasteiger partial charge in [-0.15, -0.1) is 0 Å². The smallest absolute Gasteiger partial charge is 0.244 e. The minimum absolute atomic E-state index is 0.166. The number of sulfonamides is 1. The Balaban J connectivity index is 2.96. The van der Waals surface area contributed by atoms with Crippen LogP contribution in [0.2, 0.25) is 0 Å². The molecule has 8 heteroatoms. The summed E-state index contributed by atoms with van der Waals surface area (Å²) in [6, 6.07) is 3.36. The summed E-state index contributed by atoms with van der Waals surface area (Å²) in [5.74, 6) is -1.12. The van der Waals surface area contributed by atoms with E-state index in [9.17, 15) is 17.6 Å². The first-order valence-electron chi connectivity index (χ1n) is 6.90. The van der Waals surface area contributed by atoms with Gasteiger partial charge in [-0.2, -0.15) is 0 Å². The molecular formula is C15H22FN3O3S. The monoisotopic (exact) mass is 343 g/mol. The highest BCUT2D eigenvalue weighted by atomic mass is 32.2. The van der Waals surface area contributed by atoms with Gasteiger partial charge in [-0.1, -0.05) is 12.1 Å². The van der Waals surface area contributed by atoms with E-state index in [0.29, 0.717) is 6.54 Å². The summed E-state index contributed by atoms with van der Waals surface area (Å²) < 4.78 is 36.6. The van der Waals surface area contributed by atoms with Crippen molar-refractivity contribution in [2.24, 2.45) is 5.14 Å². The zero-order valence-corrected chi connectivity index (χ0v) is 14.4. The van der Waals surface area contributed by atoms with Gasteiger partial charge in [0.05, 0.1) is 10.4 Å². The molecule has 0 bridgehead atoms. The third-order valence-electron chi connectivity index (χ3n) is 3.12. The summed E-state index contributed by atoms with van der Waals surface area (Å²) in [7, 11) is -0.235. The molecule has 1 aromatic carbocycles. The van der Waals surface area contributed by atoms with Crippen molar-refractivity contribution in [2.75, 3.05) is 20.6 Å². The van der Waals surface area contributed by atoms with Crippen molar-refractivity contribution in [1.82, 2.24) is 10.2 Å². The number of nitrogens with one attached hydrogen (secondary N) is 1. The second-order valence-electron chi connectivity index (χ2n) is 5.97. The maximum absolute atomic E-state index is 14.2. The lowest BCUT2D eigenvalue weighted by Gasteiger charge is -2.27. The van der Waals surface area contributed by atoms with Crippen molar-refractivity contribution in [3.05, 3.63) is 41.7 Å². The number of likely N-dealkylation sites (N-methyl/N-ethyl adjacent to an activating group) is 1. The van der Waals surface area contributed by atoms with Crippen LogP contribution in [0.1, 0.15) is 19.4 Å². The first-order valence-corrected chi connectivity index (χ1v) is 8.44. The standard InChI is InChI=1S/C15H22FN3O3S/c1-15(2,18-14(20)6-5-9-19(3)4)12-8-7-11(10-13(12)16)23(17,21)22/h5-8,10H,9H2,1-4H3,(H,18,20)(H2,17,21,22)/b6-5+. The van der Waals surface area contributed by atoms with Crippen molar-refractivity contribution in [3.63, 3.8) is 0 Å². The fourth-order valence-corrected chi connectivity index (χ4v) is 2.49. The van der Waals surface area contributed by atoms with Crippen LogP contribution in [0.4, 0.5) is 4.39 Å². The molecule has 23 heavy (non-hydrogen) atoms. The average Bonchev–Trinajstić information content (AvgIpc) is 2.35. The molecule has 6 nitrogen and oxygen atoms in total. The van der Waals surface area contributed by atoms with Crippen LogP contribution >= 0.6 is 0 Å². The van der Waals surface area contributed by atoms with E-state index in [2.05, 4.69) is 5.32 Å². The largest absolute Gasteiger partial charge is 0.344 e. The molecule has 0 aliphatic carbocycles. The molecule has 0 fully saturated rings. The SMILES string of the molecule is CN(C)C/C=C/C(=O)NC(C)(C)c1ccc(S(N)(=O)=O)cc1F. The van der Waals surface area contributed by atoms with Crippen LogP contribution in [0.5, 0.6) is 0 Å². The van der Waals surface area contributed by atoms with E-state index in [1.54, 1.807) is 19.9 Å². The van der Waals surface area contributed by atoms with Crippen molar-refractivity contribution in [2.45, 2.75) is 24.3 Å². The van der Waals surface area contributed by atoms with Crippen LogP contribution in [-0.2, 0) is 20.4 Å². The number of amides is 1. The van der Waals surface area contributed by atoms with Crippen LogP contribution in [-0.4, -0.2) is 39.9 Å². The number of carbonyl (C=O) groups excluding carboxylic acids is 1. The van der Waals surface area contributed by atoms with Gasteiger partial charge in [-0.25, -0.2) is 17.9 Å². The van der Waals surface area contributed by atoms with Crippen molar-refractivity contribution >= 4 is 15.9 Å². The van der Waals surface area contributed by atoms with Gasteiger partial charge in [0.25, 0.3) is 0 Å². The first kappa shape index (κ1) is 19.3. The number of hydrogen-bond acceptors (Lipinski definition) is 4. The number of hydrogen-bond donors (Lipinski definition) is 2. The van der Waals surface area contributed by atoms with E-state index in [-0.39, 0.29) is 16.4 Å². The zero-order valence-electron chi connectivity index (χ0n) is 13.6. The van der Waals surface area contributed by atoms with Crippen LogP contribution in [0.3, 0.4) is 0 Å². The molecule has 0 aliphatic heterocycles. The second kappa shape index (κ2) is 7.20. The van der Waals surface area contributed by atoms with Gasteiger partial charge in [0.2, 0.25) is 15.9 Å². The molecule has 0 heterocycles. The maximum atomic E-state index is 14.2. The third kappa shape index (κ3) is 5.74. The normalized spacial score (nSPS) is 12.8. The lowest BCUT2D eigenvalue weighted by molar-refractivity contribution is -0.118.